The summed E-state index contributed by atoms with van der Waals surface area (Å²) >= 11 is 5.69. The fraction of sp³-hybridized carbons (Fsp3) is 0.545. The highest BCUT2D eigenvalue weighted by Gasteiger charge is 2.17. The molecule has 17 heavy (non-hydrogen) atoms. The number of nitrogens with zero attached hydrogens (tertiary/aromatic N) is 2. The van der Waals surface area contributed by atoms with Crippen molar-refractivity contribution in [1.29, 1.82) is 0 Å². The van der Waals surface area contributed by atoms with Gasteiger partial charge in [-0.05, 0) is 19.3 Å². The molecule has 0 saturated carbocycles. The van der Waals surface area contributed by atoms with Crippen molar-refractivity contribution in [2.75, 3.05) is 5.32 Å². The third-order valence-corrected chi connectivity index (χ3v) is 2.45. The third kappa shape index (κ3) is 4.19. The maximum absolute atomic E-state index is 10.8. The number of anilines is 1. The van der Waals surface area contributed by atoms with Gasteiger partial charge in [0.15, 0.2) is 0 Å². The van der Waals surface area contributed by atoms with Crippen LogP contribution in [-0.2, 0) is 0 Å². The fourth-order valence-electron chi connectivity index (χ4n) is 1.68. The molecule has 0 bridgehead atoms. The van der Waals surface area contributed by atoms with Crippen LogP contribution in [0.5, 0.6) is 0 Å². The molecule has 0 saturated heterocycles. The molecular formula is C11H16ClN3O2. The van der Waals surface area contributed by atoms with E-state index in [1.54, 1.807) is 0 Å². The van der Waals surface area contributed by atoms with E-state index in [1.165, 1.54) is 12.3 Å². The Kier molecular flexibility index (Phi) is 4.69. The van der Waals surface area contributed by atoms with Crippen molar-refractivity contribution >= 4 is 23.1 Å². The minimum atomic E-state index is -0.483. The lowest BCUT2D eigenvalue weighted by Crippen LogP contribution is -2.19. The Morgan fingerprint density at radius 2 is 2.18 bits per heavy atom. The third-order valence-electron chi connectivity index (χ3n) is 2.24. The maximum atomic E-state index is 10.8. The summed E-state index contributed by atoms with van der Waals surface area (Å²) in [6.45, 7) is 6.17. The van der Waals surface area contributed by atoms with Gasteiger partial charge in [-0.1, -0.05) is 25.4 Å². The largest absolute Gasteiger partial charge is 0.362 e. The van der Waals surface area contributed by atoms with E-state index in [4.69, 9.17) is 11.6 Å². The number of nitrogens with one attached hydrogen (secondary N) is 1. The number of pyridine rings is 1. The van der Waals surface area contributed by atoms with Crippen molar-refractivity contribution in [3.8, 4) is 0 Å². The van der Waals surface area contributed by atoms with Crippen molar-refractivity contribution < 1.29 is 4.92 Å². The minimum absolute atomic E-state index is 0.0897. The zero-order valence-corrected chi connectivity index (χ0v) is 10.9. The minimum Gasteiger partial charge on any atom is -0.362 e. The lowest BCUT2D eigenvalue weighted by atomic mass is 10.1. The van der Waals surface area contributed by atoms with Gasteiger partial charge in [-0.25, -0.2) is 4.98 Å². The van der Waals surface area contributed by atoms with Gasteiger partial charge in [0, 0.05) is 18.3 Å². The van der Waals surface area contributed by atoms with Gasteiger partial charge in [0.1, 0.15) is 0 Å². The number of rotatable bonds is 5. The molecule has 1 aromatic rings. The first-order chi connectivity index (χ1) is 7.90. The van der Waals surface area contributed by atoms with Crippen LogP contribution in [0.15, 0.2) is 12.3 Å². The molecule has 5 nitrogen and oxygen atoms in total. The normalized spacial score (nSPS) is 12.5. The second kappa shape index (κ2) is 5.82. The summed E-state index contributed by atoms with van der Waals surface area (Å²) in [6.07, 6.45) is 2.32. The first kappa shape index (κ1) is 13.7. The van der Waals surface area contributed by atoms with Gasteiger partial charge >= 0.3 is 5.69 Å². The van der Waals surface area contributed by atoms with Crippen molar-refractivity contribution in [1.82, 2.24) is 4.98 Å². The lowest BCUT2D eigenvalue weighted by Gasteiger charge is -2.16. The summed E-state index contributed by atoms with van der Waals surface area (Å²) in [6, 6.07) is 1.43. The molecular weight excluding hydrogens is 242 g/mol. The molecule has 1 unspecified atom stereocenters. The van der Waals surface area contributed by atoms with Gasteiger partial charge in [-0.15, -0.1) is 0 Å². The van der Waals surface area contributed by atoms with Gasteiger partial charge in [0.05, 0.1) is 9.95 Å². The number of hydrogen-bond acceptors (Lipinski definition) is 4. The summed E-state index contributed by atoms with van der Waals surface area (Å²) in [5.74, 6) is 0.788. The van der Waals surface area contributed by atoms with E-state index >= 15 is 0 Å². The average Bonchev–Trinajstić information content (AvgIpc) is 2.19. The Labute approximate surface area is 105 Å². The Balaban J connectivity index is 2.86. The summed E-state index contributed by atoms with van der Waals surface area (Å²) < 4.78 is 0. The monoisotopic (exact) mass is 257 g/mol. The van der Waals surface area contributed by atoms with Gasteiger partial charge in [0.25, 0.3) is 0 Å². The van der Waals surface area contributed by atoms with E-state index in [1.807, 2.05) is 6.92 Å². The molecule has 0 aliphatic heterocycles. The van der Waals surface area contributed by atoms with Crippen molar-refractivity contribution in [3.05, 3.63) is 27.4 Å². The van der Waals surface area contributed by atoms with Gasteiger partial charge in [-0.3, -0.25) is 10.1 Å². The molecule has 1 heterocycles. The van der Waals surface area contributed by atoms with Crippen LogP contribution >= 0.6 is 11.6 Å². The Hall–Kier alpha value is -1.36. The van der Waals surface area contributed by atoms with Crippen LogP contribution in [0.25, 0.3) is 0 Å². The highest BCUT2D eigenvalue weighted by molar-refractivity contribution is 6.30. The molecule has 0 amide bonds. The van der Waals surface area contributed by atoms with Crippen LogP contribution < -0.4 is 5.32 Å². The first-order valence-corrected chi connectivity index (χ1v) is 5.84. The molecule has 0 aliphatic carbocycles. The smallest absolute Gasteiger partial charge is 0.312 e. The molecule has 94 valence electrons. The highest BCUT2D eigenvalue weighted by Crippen LogP contribution is 2.26. The van der Waals surface area contributed by atoms with E-state index in [0.29, 0.717) is 5.92 Å². The second-order valence-electron chi connectivity index (χ2n) is 4.45. The topological polar surface area (TPSA) is 68.1 Å². The van der Waals surface area contributed by atoms with Crippen molar-refractivity contribution in [2.24, 2.45) is 5.92 Å². The summed E-state index contributed by atoms with van der Waals surface area (Å²) in [7, 11) is 0. The molecule has 1 aromatic heterocycles. The van der Waals surface area contributed by atoms with Crippen molar-refractivity contribution in [2.45, 2.75) is 33.2 Å². The van der Waals surface area contributed by atoms with Crippen LogP contribution in [0, 0.1) is 16.0 Å². The first-order valence-electron chi connectivity index (χ1n) is 5.46. The number of aromatic nitrogens is 1. The maximum Gasteiger partial charge on any atom is 0.312 e. The molecule has 0 aromatic carbocycles. The Bertz CT molecular complexity index is 410. The van der Waals surface area contributed by atoms with Crippen LogP contribution in [0.3, 0.4) is 0 Å². The van der Waals surface area contributed by atoms with Crippen molar-refractivity contribution in [3.63, 3.8) is 0 Å². The molecule has 0 aliphatic rings. The van der Waals surface area contributed by atoms with E-state index in [9.17, 15) is 10.1 Å². The molecule has 6 heteroatoms. The number of hydrogen-bond donors (Lipinski definition) is 1. The second-order valence-corrected chi connectivity index (χ2v) is 4.89. The van der Waals surface area contributed by atoms with Crippen LogP contribution in [0.1, 0.15) is 27.2 Å². The molecule has 0 spiro atoms. The van der Waals surface area contributed by atoms with E-state index in [2.05, 4.69) is 24.1 Å². The number of halogens is 1. The highest BCUT2D eigenvalue weighted by atomic mass is 35.5. The molecule has 1 rings (SSSR count). The standard InChI is InChI=1S/C11H16ClN3O2/c1-7(2)4-8(3)14-11-10(15(16)17)5-9(12)6-13-11/h5-8H,4H2,1-3H3,(H,13,14). The van der Waals surface area contributed by atoms with Gasteiger partial charge in [0.2, 0.25) is 5.82 Å². The quantitative estimate of drug-likeness (QED) is 0.648. The predicted molar refractivity (Wildman–Crippen MR) is 68.4 cm³/mol. The summed E-state index contributed by atoms with van der Waals surface area (Å²) in [5, 5.41) is 14.1. The molecule has 1 N–H and O–H groups in total. The fourth-order valence-corrected chi connectivity index (χ4v) is 1.83. The number of nitro groups is 1. The molecule has 0 fully saturated rings. The van der Waals surface area contributed by atoms with Crippen LogP contribution in [0.4, 0.5) is 11.5 Å². The van der Waals surface area contributed by atoms with E-state index < -0.39 is 4.92 Å². The predicted octanol–water partition coefficient (Wildman–Crippen LogP) is 3.49. The Morgan fingerprint density at radius 3 is 2.71 bits per heavy atom. The SMILES string of the molecule is CC(C)CC(C)Nc1ncc(Cl)cc1[N+](=O)[O-]. The van der Waals surface area contributed by atoms with E-state index in [0.717, 1.165) is 6.42 Å². The average molecular weight is 258 g/mol. The zero-order chi connectivity index (χ0) is 13.0. The molecule has 0 radical (unpaired) electrons. The van der Waals surface area contributed by atoms with Gasteiger partial charge < -0.3 is 5.32 Å². The zero-order valence-electron chi connectivity index (χ0n) is 10.1. The summed E-state index contributed by atoms with van der Waals surface area (Å²) in [4.78, 5) is 14.3. The van der Waals surface area contributed by atoms with Crippen LogP contribution in [-0.4, -0.2) is 15.9 Å². The van der Waals surface area contributed by atoms with Crippen LogP contribution in [0.2, 0.25) is 5.02 Å². The summed E-state index contributed by atoms with van der Waals surface area (Å²) in [5.41, 5.74) is -0.0897. The van der Waals surface area contributed by atoms with E-state index in [-0.39, 0.29) is 22.6 Å². The Morgan fingerprint density at radius 1 is 1.53 bits per heavy atom. The van der Waals surface area contributed by atoms with Gasteiger partial charge in [-0.2, -0.15) is 0 Å². The molecule has 1 atom stereocenters. The lowest BCUT2D eigenvalue weighted by molar-refractivity contribution is -0.384.